The average Bonchev–Trinajstić information content (AvgIpc) is 3.01. The van der Waals surface area contributed by atoms with Gasteiger partial charge in [0, 0.05) is 19.8 Å². The predicted molar refractivity (Wildman–Crippen MR) is 81.2 cm³/mol. The second kappa shape index (κ2) is 5.16. The predicted octanol–water partition coefficient (Wildman–Crippen LogP) is 1.85. The molecule has 0 aliphatic rings. The van der Waals surface area contributed by atoms with Gasteiger partial charge in [0.1, 0.15) is 12.1 Å². The fourth-order valence-corrected chi connectivity index (χ4v) is 2.42. The standard InChI is InChI=1S/C14H19N7/c1-9-5-18-21(7-9)10(2)6-15-13-12-11(3)19-20(4)14(12)17-8-16-13/h5,7-8,10H,6H2,1-4H3,(H,15,16,17)/t10-/m1/s1. The van der Waals surface area contributed by atoms with E-state index in [1.165, 1.54) is 0 Å². The number of nitrogens with zero attached hydrogens (tertiary/aromatic N) is 6. The van der Waals surface area contributed by atoms with Crippen molar-refractivity contribution in [2.75, 3.05) is 11.9 Å². The Balaban J connectivity index is 1.82. The molecule has 3 heterocycles. The van der Waals surface area contributed by atoms with Crippen LogP contribution in [0.2, 0.25) is 0 Å². The molecule has 0 saturated heterocycles. The number of hydrogen-bond donors (Lipinski definition) is 1. The molecule has 0 spiro atoms. The first-order chi connectivity index (χ1) is 10.1. The van der Waals surface area contributed by atoms with Gasteiger partial charge in [-0.25, -0.2) is 9.97 Å². The lowest BCUT2D eigenvalue weighted by molar-refractivity contribution is 0.512. The molecule has 1 atom stereocenters. The van der Waals surface area contributed by atoms with E-state index in [0.29, 0.717) is 0 Å². The normalized spacial score (nSPS) is 12.8. The van der Waals surface area contributed by atoms with Crippen LogP contribution in [0.25, 0.3) is 11.0 Å². The van der Waals surface area contributed by atoms with E-state index in [2.05, 4.69) is 32.4 Å². The van der Waals surface area contributed by atoms with Crippen molar-refractivity contribution in [3.05, 3.63) is 30.0 Å². The summed E-state index contributed by atoms with van der Waals surface area (Å²) < 4.78 is 3.73. The zero-order valence-corrected chi connectivity index (χ0v) is 12.7. The Labute approximate surface area is 123 Å². The molecule has 110 valence electrons. The minimum atomic E-state index is 0.237. The topological polar surface area (TPSA) is 73.5 Å². The summed E-state index contributed by atoms with van der Waals surface area (Å²) >= 11 is 0. The fraction of sp³-hybridized carbons (Fsp3) is 0.429. The van der Waals surface area contributed by atoms with Gasteiger partial charge in [0.25, 0.3) is 0 Å². The van der Waals surface area contributed by atoms with Gasteiger partial charge in [-0.3, -0.25) is 9.36 Å². The molecule has 0 unspecified atom stereocenters. The first-order valence-corrected chi connectivity index (χ1v) is 6.95. The summed E-state index contributed by atoms with van der Waals surface area (Å²) in [7, 11) is 1.89. The molecule has 0 bridgehead atoms. The van der Waals surface area contributed by atoms with Crippen molar-refractivity contribution in [2.45, 2.75) is 26.8 Å². The van der Waals surface area contributed by atoms with Crippen LogP contribution in [0.5, 0.6) is 0 Å². The lowest BCUT2D eigenvalue weighted by Gasteiger charge is -2.14. The summed E-state index contributed by atoms with van der Waals surface area (Å²) in [4.78, 5) is 8.63. The van der Waals surface area contributed by atoms with Crippen LogP contribution in [-0.4, -0.2) is 36.1 Å². The Kier molecular flexibility index (Phi) is 3.32. The number of hydrogen-bond acceptors (Lipinski definition) is 5. The van der Waals surface area contributed by atoms with Gasteiger partial charge >= 0.3 is 0 Å². The second-order valence-corrected chi connectivity index (χ2v) is 5.36. The van der Waals surface area contributed by atoms with Crippen LogP contribution >= 0.6 is 0 Å². The third kappa shape index (κ3) is 2.46. The third-order valence-electron chi connectivity index (χ3n) is 3.54. The van der Waals surface area contributed by atoms with Crippen LogP contribution < -0.4 is 5.32 Å². The molecule has 0 fully saturated rings. The summed E-state index contributed by atoms with van der Waals surface area (Å²) in [5.41, 5.74) is 2.93. The van der Waals surface area contributed by atoms with E-state index < -0.39 is 0 Å². The maximum Gasteiger partial charge on any atom is 0.163 e. The number of aryl methyl sites for hydroxylation is 3. The smallest absolute Gasteiger partial charge is 0.163 e. The van der Waals surface area contributed by atoms with E-state index >= 15 is 0 Å². The molecule has 3 rings (SSSR count). The SMILES string of the molecule is Cc1cnn([C@H](C)CNc2ncnc3c2c(C)nn3C)c1. The van der Waals surface area contributed by atoms with Crippen molar-refractivity contribution in [3.63, 3.8) is 0 Å². The van der Waals surface area contributed by atoms with Gasteiger partial charge < -0.3 is 5.32 Å². The van der Waals surface area contributed by atoms with Crippen LogP contribution in [0.3, 0.4) is 0 Å². The van der Waals surface area contributed by atoms with Gasteiger partial charge in [0.05, 0.1) is 23.3 Å². The molecule has 1 N–H and O–H groups in total. The highest BCUT2D eigenvalue weighted by Gasteiger charge is 2.13. The van der Waals surface area contributed by atoms with E-state index in [9.17, 15) is 0 Å². The Morgan fingerprint density at radius 2 is 2.10 bits per heavy atom. The van der Waals surface area contributed by atoms with Crippen LogP contribution in [0.15, 0.2) is 18.7 Å². The van der Waals surface area contributed by atoms with Crippen molar-refractivity contribution in [3.8, 4) is 0 Å². The highest BCUT2D eigenvalue weighted by atomic mass is 15.3. The van der Waals surface area contributed by atoms with Crippen LogP contribution in [0, 0.1) is 13.8 Å². The molecule has 7 nitrogen and oxygen atoms in total. The maximum absolute atomic E-state index is 4.40. The molecule has 7 heteroatoms. The maximum atomic E-state index is 4.40. The second-order valence-electron chi connectivity index (χ2n) is 5.36. The Morgan fingerprint density at radius 1 is 1.29 bits per heavy atom. The average molecular weight is 285 g/mol. The Bertz CT molecular complexity index is 771. The minimum Gasteiger partial charge on any atom is -0.367 e. The zero-order valence-electron chi connectivity index (χ0n) is 12.7. The van der Waals surface area contributed by atoms with E-state index in [1.807, 2.05) is 38.0 Å². The molecule has 3 aromatic heterocycles. The highest BCUT2D eigenvalue weighted by molar-refractivity contribution is 5.89. The van der Waals surface area contributed by atoms with Crippen molar-refractivity contribution in [1.82, 2.24) is 29.5 Å². The molecule has 0 aromatic carbocycles. The van der Waals surface area contributed by atoms with Gasteiger partial charge in [-0.05, 0) is 26.3 Å². The number of anilines is 1. The van der Waals surface area contributed by atoms with Gasteiger partial charge in [-0.15, -0.1) is 0 Å². The largest absolute Gasteiger partial charge is 0.367 e. The van der Waals surface area contributed by atoms with E-state index in [-0.39, 0.29) is 6.04 Å². The van der Waals surface area contributed by atoms with Gasteiger partial charge in [-0.2, -0.15) is 10.2 Å². The van der Waals surface area contributed by atoms with Crippen LogP contribution in [0.4, 0.5) is 5.82 Å². The van der Waals surface area contributed by atoms with Crippen molar-refractivity contribution in [1.29, 1.82) is 0 Å². The summed E-state index contributed by atoms with van der Waals surface area (Å²) in [6.07, 6.45) is 5.47. The van der Waals surface area contributed by atoms with E-state index in [0.717, 1.165) is 34.7 Å². The Morgan fingerprint density at radius 3 is 2.81 bits per heavy atom. The highest BCUT2D eigenvalue weighted by Crippen LogP contribution is 2.22. The van der Waals surface area contributed by atoms with E-state index in [4.69, 9.17) is 0 Å². The van der Waals surface area contributed by atoms with E-state index in [1.54, 1.807) is 11.0 Å². The van der Waals surface area contributed by atoms with Crippen molar-refractivity contribution >= 4 is 16.9 Å². The first kappa shape index (κ1) is 13.5. The quantitative estimate of drug-likeness (QED) is 0.792. The molecule has 0 aliphatic heterocycles. The van der Waals surface area contributed by atoms with Gasteiger partial charge in [-0.1, -0.05) is 0 Å². The van der Waals surface area contributed by atoms with Crippen molar-refractivity contribution in [2.24, 2.45) is 7.05 Å². The number of fused-ring (bicyclic) bond motifs is 1. The minimum absolute atomic E-state index is 0.237. The molecular weight excluding hydrogens is 266 g/mol. The molecule has 3 aromatic rings. The zero-order chi connectivity index (χ0) is 15.0. The molecule has 0 saturated carbocycles. The number of nitrogens with one attached hydrogen (secondary N) is 1. The summed E-state index contributed by atoms with van der Waals surface area (Å²) in [6.45, 7) is 6.86. The molecular formula is C14H19N7. The molecule has 0 amide bonds. The summed E-state index contributed by atoms with van der Waals surface area (Å²) in [5.74, 6) is 0.821. The monoisotopic (exact) mass is 285 g/mol. The lowest BCUT2D eigenvalue weighted by atomic mass is 10.3. The molecule has 0 aliphatic carbocycles. The summed E-state index contributed by atoms with van der Waals surface area (Å²) in [5, 5.41) is 13.1. The molecule has 0 radical (unpaired) electrons. The number of rotatable bonds is 4. The van der Waals surface area contributed by atoms with Gasteiger partial charge in [0.15, 0.2) is 5.65 Å². The van der Waals surface area contributed by atoms with Crippen LogP contribution in [-0.2, 0) is 7.05 Å². The van der Waals surface area contributed by atoms with Crippen molar-refractivity contribution < 1.29 is 0 Å². The molecule has 21 heavy (non-hydrogen) atoms. The first-order valence-electron chi connectivity index (χ1n) is 6.95. The third-order valence-corrected chi connectivity index (χ3v) is 3.54. The van der Waals surface area contributed by atoms with Crippen LogP contribution in [0.1, 0.15) is 24.2 Å². The Hall–Kier alpha value is -2.44. The fourth-order valence-electron chi connectivity index (χ4n) is 2.42. The van der Waals surface area contributed by atoms with Gasteiger partial charge in [0.2, 0.25) is 0 Å². The number of aromatic nitrogens is 6. The summed E-state index contributed by atoms with van der Waals surface area (Å²) in [6, 6.07) is 0.237. The lowest BCUT2D eigenvalue weighted by Crippen LogP contribution is -2.17.